The number of carbonyl (C=O) groups is 1. The summed E-state index contributed by atoms with van der Waals surface area (Å²) in [5.74, 6) is 0.566. The van der Waals surface area contributed by atoms with E-state index in [0.717, 1.165) is 32.7 Å². The van der Waals surface area contributed by atoms with Gasteiger partial charge in [-0.3, -0.25) is 4.79 Å². The number of hydrogen-bond donors (Lipinski definition) is 0. The lowest BCUT2D eigenvalue weighted by Crippen LogP contribution is -2.26. The fraction of sp³-hybridized carbons (Fsp3) is 0.923. The number of ether oxygens (including phenoxy) is 2. The average Bonchev–Trinajstić information content (AvgIpc) is 2.26. The van der Waals surface area contributed by atoms with E-state index in [4.69, 9.17) is 9.47 Å². The van der Waals surface area contributed by atoms with Crippen molar-refractivity contribution in [2.45, 2.75) is 33.6 Å². The van der Waals surface area contributed by atoms with E-state index in [9.17, 15) is 4.79 Å². The summed E-state index contributed by atoms with van der Waals surface area (Å²) in [6.07, 6.45) is 1.56. The van der Waals surface area contributed by atoms with Crippen molar-refractivity contribution in [2.75, 3.05) is 40.0 Å². The van der Waals surface area contributed by atoms with Gasteiger partial charge in [-0.25, -0.2) is 0 Å². The molecule has 0 aliphatic carbocycles. The molecule has 0 spiro atoms. The SMILES string of the molecule is CCOC(=O)CCN(C)CCOCCC(C)C. The Morgan fingerprint density at radius 2 is 1.94 bits per heavy atom. The number of hydrogen-bond acceptors (Lipinski definition) is 4. The molecule has 0 aromatic carbocycles. The molecule has 0 fully saturated rings. The summed E-state index contributed by atoms with van der Waals surface area (Å²) in [5, 5.41) is 0. The van der Waals surface area contributed by atoms with Crippen molar-refractivity contribution < 1.29 is 14.3 Å². The molecule has 0 unspecified atom stereocenters. The summed E-state index contributed by atoms with van der Waals surface area (Å²) >= 11 is 0. The lowest BCUT2D eigenvalue weighted by atomic mass is 10.1. The van der Waals surface area contributed by atoms with Gasteiger partial charge < -0.3 is 14.4 Å². The van der Waals surface area contributed by atoms with Crippen LogP contribution < -0.4 is 0 Å². The van der Waals surface area contributed by atoms with E-state index in [-0.39, 0.29) is 5.97 Å². The molecule has 102 valence electrons. The zero-order chi connectivity index (χ0) is 13.1. The Kier molecular flexibility index (Phi) is 10.2. The molecule has 0 rings (SSSR count). The maximum absolute atomic E-state index is 11.1. The van der Waals surface area contributed by atoms with E-state index in [1.54, 1.807) is 0 Å². The molecule has 0 radical (unpaired) electrons. The van der Waals surface area contributed by atoms with Crippen LogP contribution in [-0.2, 0) is 14.3 Å². The summed E-state index contributed by atoms with van der Waals surface area (Å²) < 4.78 is 10.4. The fourth-order valence-electron chi connectivity index (χ4n) is 1.27. The van der Waals surface area contributed by atoms with Crippen LogP contribution in [0.3, 0.4) is 0 Å². The summed E-state index contributed by atoms with van der Waals surface area (Å²) in [7, 11) is 1.99. The molecule has 0 aromatic rings. The molecular formula is C13H27NO3. The Labute approximate surface area is 105 Å². The van der Waals surface area contributed by atoms with Gasteiger partial charge in [-0.05, 0) is 26.3 Å². The van der Waals surface area contributed by atoms with Gasteiger partial charge in [0.15, 0.2) is 0 Å². The first-order valence-corrected chi connectivity index (χ1v) is 6.48. The number of likely N-dealkylation sites (N-methyl/N-ethyl adjacent to an activating group) is 1. The smallest absolute Gasteiger partial charge is 0.307 e. The number of rotatable bonds is 10. The van der Waals surface area contributed by atoms with E-state index in [1.165, 1.54) is 0 Å². The summed E-state index contributed by atoms with van der Waals surface area (Å²) in [4.78, 5) is 13.2. The zero-order valence-electron chi connectivity index (χ0n) is 11.7. The van der Waals surface area contributed by atoms with Crippen molar-refractivity contribution in [3.05, 3.63) is 0 Å². The minimum atomic E-state index is -0.125. The highest BCUT2D eigenvalue weighted by Crippen LogP contribution is 1.99. The maximum atomic E-state index is 11.1. The monoisotopic (exact) mass is 245 g/mol. The molecule has 0 aliphatic rings. The van der Waals surface area contributed by atoms with Gasteiger partial charge in [0, 0.05) is 19.7 Å². The van der Waals surface area contributed by atoms with Crippen LogP contribution in [0.2, 0.25) is 0 Å². The van der Waals surface area contributed by atoms with Gasteiger partial charge >= 0.3 is 5.97 Å². The Morgan fingerprint density at radius 1 is 1.24 bits per heavy atom. The van der Waals surface area contributed by atoms with Crippen molar-refractivity contribution >= 4 is 5.97 Å². The van der Waals surface area contributed by atoms with Crippen molar-refractivity contribution in [1.29, 1.82) is 0 Å². The van der Waals surface area contributed by atoms with Crippen molar-refractivity contribution in [2.24, 2.45) is 5.92 Å². The average molecular weight is 245 g/mol. The molecule has 0 N–H and O–H groups in total. The highest BCUT2D eigenvalue weighted by Gasteiger charge is 2.04. The lowest BCUT2D eigenvalue weighted by molar-refractivity contribution is -0.143. The first kappa shape index (κ1) is 16.4. The third kappa shape index (κ3) is 11.6. The van der Waals surface area contributed by atoms with Gasteiger partial charge in [-0.1, -0.05) is 13.8 Å². The lowest BCUT2D eigenvalue weighted by Gasteiger charge is -2.16. The standard InChI is InChI=1S/C13H27NO3/c1-5-17-13(15)6-8-14(4)9-11-16-10-7-12(2)3/h12H,5-11H2,1-4H3. The van der Waals surface area contributed by atoms with Crippen LogP contribution in [0.1, 0.15) is 33.6 Å². The minimum Gasteiger partial charge on any atom is -0.466 e. The van der Waals surface area contributed by atoms with Crippen LogP contribution in [0, 0.1) is 5.92 Å². The van der Waals surface area contributed by atoms with Gasteiger partial charge in [0.25, 0.3) is 0 Å². The number of esters is 1. The molecule has 4 heteroatoms. The quantitative estimate of drug-likeness (QED) is 0.435. The Balaban J connectivity index is 3.34. The molecule has 0 amide bonds. The highest BCUT2D eigenvalue weighted by molar-refractivity contribution is 5.69. The molecular weight excluding hydrogens is 218 g/mol. The minimum absolute atomic E-state index is 0.125. The van der Waals surface area contributed by atoms with Crippen LogP contribution in [0.5, 0.6) is 0 Å². The second-order valence-electron chi connectivity index (χ2n) is 4.65. The Bertz CT molecular complexity index is 195. The molecule has 0 bridgehead atoms. The normalized spacial score (nSPS) is 11.2. The topological polar surface area (TPSA) is 38.8 Å². The molecule has 0 heterocycles. The van der Waals surface area contributed by atoms with Crippen LogP contribution >= 0.6 is 0 Å². The molecule has 4 nitrogen and oxygen atoms in total. The van der Waals surface area contributed by atoms with Crippen LogP contribution in [0.4, 0.5) is 0 Å². The first-order valence-electron chi connectivity index (χ1n) is 6.48. The van der Waals surface area contributed by atoms with Gasteiger partial charge in [0.05, 0.1) is 19.6 Å². The molecule has 0 atom stereocenters. The Morgan fingerprint density at radius 3 is 2.53 bits per heavy atom. The second-order valence-corrected chi connectivity index (χ2v) is 4.65. The number of nitrogens with zero attached hydrogens (tertiary/aromatic N) is 1. The summed E-state index contributed by atoms with van der Waals surface area (Å²) in [5.41, 5.74) is 0. The van der Waals surface area contributed by atoms with Gasteiger partial charge in [0.1, 0.15) is 0 Å². The van der Waals surface area contributed by atoms with E-state index in [2.05, 4.69) is 18.7 Å². The predicted molar refractivity (Wildman–Crippen MR) is 69.0 cm³/mol. The van der Waals surface area contributed by atoms with Crippen molar-refractivity contribution in [3.63, 3.8) is 0 Å². The van der Waals surface area contributed by atoms with Crippen molar-refractivity contribution in [1.82, 2.24) is 4.90 Å². The second kappa shape index (κ2) is 10.5. The third-order valence-electron chi connectivity index (χ3n) is 2.46. The van der Waals surface area contributed by atoms with E-state index >= 15 is 0 Å². The third-order valence-corrected chi connectivity index (χ3v) is 2.46. The molecule has 17 heavy (non-hydrogen) atoms. The largest absolute Gasteiger partial charge is 0.466 e. The van der Waals surface area contributed by atoms with E-state index < -0.39 is 0 Å². The number of carbonyl (C=O) groups excluding carboxylic acids is 1. The van der Waals surface area contributed by atoms with E-state index in [0.29, 0.717) is 18.9 Å². The zero-order valence-corrected chi connectivity index (χ0v) is 11.7. The van der Waals surface area contributed by atoms with Gasteiger partial charge in [-0.2, -0.15) is 0 Å². The predicted octanol–water partition coefficient (Wildman–Crippen LogP) is 1.93. The van der Waals surface area contributed by atoms with Gasteiger partial charge in [-0.15, -0.1) is 0 Å². The van der Waals surface area contributed by atoms with Crippen LogP contribution in [0.25, 0.3) is 0 Å². The van der Waals surface area contributed by atoms with Crippen LogP contribution in [-0.4, -0.2) is 50.8 Å². The molecule has 0 saturated heterocycles. The van der Waals surface area contributed by atoms with E-state index in [1.807, 2.05) is 14.0 Å². The van der Waals surface area contributed by atoms with Crippen molar-refractivity contribution in [3.8, 4) is 0 Å². The summed E-state index contributed by atoms with van der Waals surface area (Å²) in [6.45, 7) is 9.80. The molecule has 0 aromatic heterocycles. The maximum Gasteiger partial charge on any atom is 0.307 e. The fourth-order valence-corrected chi connectivity index (χ4v) is 1.27. The van der Waals surface area contributed by atoms with Gasteiger partial charge in [0.2, 0.25) is 0 Å². The molecule has 0 saturated carbocycles. The first-order chi connectivity index (χ1) is 8.06. The van der Waals surface area contributed by atoms with Crippen LogP contribution in [0.15, 0.2) is 0 Å². The molecule has 0 aliphatic heterocycles. The Hall–Kier alpha value is -0.610. The summed E-state index contributed by atoms with van der Waals surface area (Å²) in [6, 6.07) is 0. The highest BCUT2D eigenvalue weighted by atomic mass is 16.5.